The number of carboxylic acid groups (broad SMARTS) is 1. The maximum atomic E-state index is 11.8. The lowest BCUT2D eigenvalue weighted by atomic mass is 10.1. The van der Waals surface area contributed by atoms with E-state index < -0.39 is 23.8 Å². The maximum absolute atomic E-state index is 11.8. The average molecular weight is 249 g/mol. The molecule has 2 amide bonds. The molecule has 0 aliphatic carbocycles. The van der Waals surface area contributed by atoms with E-state index in [1.165, 1.54) is 24.0 Å². The Morgan fingerprint density at radius 1 is 1.44 bits per heavy atom. The van der Waals surface area contributed by atoms with Crippen molar-refractivity contribution in [3.8, 4) is 0 Å². The summed E-state index contributed by atoms with van der Waals surface area (Å²) in [6, 6.07) is -1.34. The molecule has 1 N–H and O–H groups in total. The molecular weight excluding hydrogens is 238 g/mol. The van der Waals surface area contributed by atoms with Crippen molar-refractivity contribution in [2.75, 3.05) is 0 Å². The Kier molecular flexibility index (Phi) is 2.74. The molecule has 0 saturated heterocycles. The number of nitrogens with zero attached hydrogens (tertiary/aromatic N) is 3. The van der Waals surface area contributed by atoms with Crippen LogP contribution in [0.15, 0.2) is 24.0 Å². The van der Waals surface area contributed by atoms with Crippen LogP contribution in [-0.2, 0) is 21.4 Å². The molecule has 0 radical (unpaired) electrons. The molecule has 1 aromatic rings. The van der Waals surface area contributed by atoms with Gasteiger partial charge in [-0.15, -0.1) is 0 Å². The first-order valence-corrected chi connectivity index (χ1v) is 5.19. The van der Waals surface area contributed by atoms with Crippen molar-refractivity contribution in [3.63, 3.8) is 0 Å². The second kappa shape index (κ2) is 4.10. The molecular formula is C11H11N3O4. The molecule has 7 heteroatoms. The molecule has 2 heterocycles. The predicted molar refractivity (Wildman–Crippen MR) is 59.2 cm³/mol. The van der Waals surface area contributed by atoms with Gasteiger partial charge in [-0.1, -0.05) is 0 Å². The Bertz CT molecular complexity index is 573. The minimum absolute atomic E-state index is 0.232. The molecule has 0 bridgehead atoms. The third-order valence-corrected chi connectivity index (χ3v) is 2.67. The maximum Gasteiger partial charge on any atom is 0.331 e. The summed E-state index contributed by atoms with van der Waals surface area (Å²) < 4.78 is 1.41. The van der Waals surface area contributed by atoms with E-state index in [2.05, 4.69) is 5.10 Å². The zero-order chi connectivity index (χ0) is 13.4. The molecule has 1 aliphatic rings. The number of hydrogen-bond donors (Lipinski definition) is 1. The first kappa shape index (κ1) is 12.0. The molecule has 1 aromatic heterocycles. The summed E-state index contributed by atoms with van der Waals surface area (Å²) >= 11 is 0. The molecule has 18 heavy (non-hydrogen) atoms. The van der Waals surface area contributed by atoms with Gasteiger partial charge in [-0.05, 0) is 6.92 Å². The van der Waals surface area contributed by atoms with Crippen LogP contribution in [0.3, 0.4) is 0 Å². The van der Waals surface area contributed by atoms with Gasteiger partial charge in [-0.2, -0.15) is 5.10 Å². The van der Waals surface area contributed by atoms with Crippen LogP contribution in [0.4, 0.5) is 0 Å². The van der Waals surface area contributed by atoms with Gasteiger partial charge in [-0.3, -0.25) is 19.2 Å². The van der Waals surface area contributed by atoms with E-state index in [9.17, 15) is 19.5 Å². The van der Waals surface area contributed by atoms with E-state index in [1.807, 2.05) is 0 Å². The summed E-state index contributed by atoms with van der Waals surface area (Å²) in [4.78, 5) is 35.5. The van der Waals surface area contributed by atoms with Crippen LogP contribution in [0.2, 0.25) is 0 Å². The molecule has 94 valence electrons. The number of carboxylic acids is 1. The fraction of sp³-hybridized carbons (Fsp3) is 0.273. The summed E-state index contributed by atoms with van der Waals surface area (Å²) in [5.74, 6) is -2.47. The number of aryl methyl sites for hydroxylation is 1. The zero-order valence-corrected chi connectivity index (χ0v) is 9.82. The Labute approximate surface area is 102 Å². The van der Waals surface area contributed by atoms with Crippen molar-refractivity contribution >= 4 is 17.8 Å². The molecule has 0 fully saturated rings. The minimum Gasteiger partial charge on any atom is -0.479 e. The molecule has 1 aliphatic heterocycles. The van der Waals surface area contributed by atoms with E-state index in [1.54, 1.807) is 7.05 Å². The standard InChI is InChI=1S/C11H11N3O4/c1-6-3-8(15)14(10(6)16)9(11(17)18)7-4-12-13(2)5-7/h3-5,9H,1-2H3,(H,17,18). The lowest BCUT2D eigenvalue weighted by molar-refractivity contribution is -0.153. The van der Waals surface area contributed by atoms with Gasteiger partial charge >= 0.3 is 5.97 Å². The Morgan fingerprint density at radius 3 is 2.50 bits per heavy atom. The summed E-state index contributed by atoms with van der Waals surface area (Å²) in [5.41, 5.74) is 0.518. The van der Waals surface area contributed by atoms with Crippen LogP contribution < -0.4 is 0 Å². The number of carbonyl (C=O) groups excluding carboxylic acids is 2. The van der Waals surface area contributed by atoms with E-state index in [4.69, 9.17) is 0 Å². The highest BCUT2D eigenvalue weighted by atomic mass is 16.4. The number of aromatic nitrogens is 2. The van der Waals surface area contributed by atoms with E-state index in [0.717, 1.165) is 11.0 Å². The SMILES string of the molecule is CC1=CC(=O)N(C(C(=O)O)c2cnn(C)c2)C1=O. The van der Waals surface area contributed by atoms with Gasteiger partial charge in [0.25, 0.3) is 11.8 Å². The number of hydrogen-bond acceptors (Lipinski definition) is 4. The summed E-state index contributed by atoms with van der Waals surface area (Å²) in [6.45, 7) is 1.47. The van der Waals surface area contributed by atoms with Gasteiger partial charge < -0.3 is 5.11 Å². The highest BCUT2D eigenvalue weighted by Gasteiger charge is 2.40. The fourth-order valence-electron chi connectivity index (χ4n) is 1.83. The summed E-state index contributed by atoms with van der Waals surface area (Å²) in [5, 5.41) is 13.1. The number of aliphatic carboxylic acids is 1. The Morgan fingerprint density at radius 2 is 2.11 bits per heavy atom. The van der Waals surface area contributed by atoms with Crippen molar-refractivity contribution < 1.29 is 19.5 Å². The number of rotatable bonds is 3. The van der Waals surface area contributed by atoms with Crippen LogP contribution in [0.1, 0.15) is 18.5 Å². The Hall–Kier alpha value is -2.44. The monoisotopic (exact) mass is 249 g/mol. The van der Waals surface area contributed by atoms with Crippen molar-refractivity contribution in [2.45, 2.75) is 13.0 Å². The Balaban J connectivity index is 2.42. The van der Waals surface area contributed by atoms with Gasteiger partial charge in [0.05, 0.1) is 6.20 Å². The first-order valence-electron chi connectivity index (χ1n) is 5.19. The number of carbonyl (C=O) groups is 3. The fourth-order valence-corrected chi connectivity index (χ4v) is 1.83. The van der Waals surface area contributed by atoms with Crippen LogP contribution in [0.25, 0.3) is 0 Å². The van der Waals surface area contributed by atoms with Gasteiger partial charge in [0.2, 0.25) is 0 Å². The van der Waals surface area contributed by atoms with Crippen molar-refractivity contribution in [1.29, 1.82) is 0 Å². The third kappa shape index (κ3) is 1.79. The van der Waals surface area contributed by atoms with Crippen LogP contribution in [-0.4, -0.2) is 37.6 Å². The molecule has 0 saturated carbocycles. The van der Waals surface area contributed by atoms with Crippen molar-refractivity contribution in [1.82, 2.24) is 14.7 Å². The summed E-state index contributed by atoms with van der Waals surface area (Å²) in [6.07, 6.45) is 3.93. The van der Waals surface area contributed by atoms with E-state index in [0.29, 0.717) is 0 Å². The lowest BCUT2D eigenvalue weighted by Gasteiger charge is -2.21. The molecule has 0 aromatic carbocycles. The largest absolute Gasteiger partial charge is 0.479 e. The van der Waals surface area contributed by atoms with E-state index >= 15 is 0 Å². The van der Waals surface area contributed by atoms with E-state index in [-0.39, 0.29) is 11.1 Å². The van der Waals surface area contributed by atoms with Gasteiger partial charge in [0.1, 0.15) is 0 Å². The second-order valence-corrected chi connectivity index (χ2v) is 4.03. The van der Waals surface area contributed by atoms with Crippen LogP contribution in [0, 0.1) is 0 Å². The lowest BCUT2D eigenvalue weighted by Crippen LogP contribution is -2.39. The van der Waals surface area contributed by atoms with Gasteiger partial charge in [-0.25, -0.2) is 4.79 Å². The topological polar surface area (TPSA) is 92.5 Å². The highest BCUT2D eigenvalue weighted by Crippen LogP contribution is 2.26. The number of amides is 2. The average Bonchev–Trinajstić information content (AvgIpc) is 2.78. The smallest absolute Gasteiger partial charge is 0.331 e. The zero-order valence-electron chi connectivity index (χ0n) is 9.82. The van der Waals surface area contributed by atoms with Crippen LogP contribution in [0.5, 0.6) is 0 Å². The van der Waals surface area contributed by atoms with Crippen molar-refractivity contribution in [2.24, 2.45) is 7.05 Å². The third-order valence-electron chi connectivity index (χ3n) is 2.67. The second-order valence-electron chi connectivity index (χ2n) is 4.03. The van der Waals surface area contributed by atoms with Crippen molar-refractivity contribution in [3.05, 3.63) is 29.6 Å². The normalized spacial score (nSPS) is 17.0. The first-order chi connectivity index (χ1) is 8.41. The summed E-state index contributed by atoms with van der Waals surface area (Å²) in [7, 11) is 1.62. The number of imide groups is 1. The van der Waals surface area contributed by atoms with Gasteiger partial charge in [0, 0.05) is 30.5 Å². The van der Waals surface area contributed by atoms with Gasteiger partial charge in [0.15, 0.2) is 6.04 Å². The minimum atomic E-state index is -1.34. The van der Waals surface area contributed by atoms with Crippen LogP contribution >= 0.6 is 0 Å². The molecule has 7 nitrogen and oxygen atoms in total. The predicted octanol–water partition coefficient (Wildman–Crippen LogP) is -0.139. The molecule has 0 spiro atoms. The molecule has 2 rings (SSSR count). The molecule has 1 atom stereocenters. The quantitative estimate of drug-likeness (QED) is 0.753. The molecule has 1 unspecified atom stereocenters. The highest BCUT2D eigenvalue weighted by molar-refractivity contribution is 6.17.